The second-order valence-corrected chi connectivity index (χ2v) is 5.23. The zero-order chi connectivity index (χ0) is 6.69. The van der Waals surface area contributed by atoms with Gasteiger partial charge in [-0.3, -0.25) is 0 Å². The minimum atomic E-state index is -0.572. The Labute approximate surface area is 67.6 Å². The predicted molar refractivity (Wildman–Crippen MR) is 42.7 cm³/mol. The maximum absolute atomic E-state index is 5.38. The van der Waals surface area contributed by atoms with Crippen LogP contribution in [-0.4, -0.2) is 14.8 Å². The van der Waals surface area contributed by atoms with Crippen molar-refractivity contribution in [3.05, 3.63) is 0 Å². The molecule has 0 aromatic rings. The third kappa shape index (κ3) is 2.89. The lowest BCUT2D eigenvalue weighted by Crippen LogP contribution is -2.16. The Hall–Kier alpha value is 0.757. The van der Waals surface area contributed by atoms with Crippen molar-refractivity contribution in [3.63, 3.8) is 0 Å². The van der Waals surface area contributed by atoms with Crippen molar-refractivity contribution in [2.24, 2.45) is 0 Å². The largest absolute Gasteiger partial charge is 0.397 e. The molecule has 0 aromatic heterocycles. The van der Waals surface area contributed by atoms with Gasteiger partial charge in [0.1, 0.15) is 0 Å². The zero-order valence-electron chi connectivity index (χ0n) is 5.15. The quantitative estimate of drug-likeness (QED) is 0.481. The smallest absolute Gasteiger partial charge is 0.197 e. The van der Waals surface area contributed by atoms with Gasteiger partial charge in [0.25, 0.3) is 0 Å². The Morgan fingerprint density at radius 2 is 2.11 bits per heavy atom. The van der Waals surface area contributed by atoms with E-state index in [4.69, 9.17) is 27.6 Å². The highest BCUT2D eigenvalue weighted by atomic mass is 35.5. The lowest BCUT2D eigenvalue weighted by Gasteiger charge is -2.24. The molecule has 1 fully saturated rings. The van der Waals surface area contributed by atoms with Crippen LogP contribution in [0.3, 0.4) is 0 Å². The first-order chi connectivity index (χ1) is 4.29. The summed E-state index contributed by atoms with van der Waals surface area (Å²) in [5, 5.41) is -0.572. The molecule has 0 amide bonds. The van der Waals surface area contributed by atoms with Crippen molar-refractivity contribution >= 4 is 33.0 Å². The van der Waals surface area contributed by atoms with E-state index in [1.165, 1.54) is 19.3 Å². The van der Waals surface area contributed by atoms with Gasteiger partial charge in [0, 0.05) is 0 Å². The molecule has 1 aliphatic carbocycles. The van der Waals surface area contributed by atoms with Crippen LogP contribution in [0.15, 0.2) is 0 Å². The molecule has 0 radical (unpaired) electrons. The molecular weight excluding hydrogens is 175 g/mol. The summed E-state index contributed by atoms with van der Waals surface area (Å²) >= 11 is 10.8. The van der Waals surface area contributed by atoms with E-state index >= 15 is 0 Å². The highest BCUT2D eigenvalue weighted by molar-refractivity contribution is 6.45. The summed E-state index contributed by atoms with van der Waals surface area (Å²) in [5.74, 6) is 0. The third-order valence-corrected chi connectivity index (χ3v) is 4.17. The molecule has 0 heterocycles. The molecule has 0 saturated heterocycles. The van der Waals surface area contributed by atoms with E-state index in [0.717, 1.165) is 5.54 Å². The van der Waals surface area contributed by atoms with E-state index in [2.05, 4.69) is 0 Å². The average molecular weight is 185 g/mol. The molecule has 0 spiro atoms. The number of hydrogen-bond acceptors (Lipinski definition) is 1. The first-order valence-corrected chi connectivity index (χ1v) is 5.45. The second-order valence-electron chi connectivity index (χ2n) is 2.39. The molecule has 0 atom stereocenters. The normalized spacial score (nSPS) is 21.7. The second kappa shape index (κ2) is 3.81. The van der Waals surface area contributed by atoms with Crippen LogP contribution in [0.4, 0.5) is 0 Å². The molecule has 1 rings (SSSR count). The summed E-state index contributed by atoms with van der Waals surface area (Å²) in [5.41, 5.74) is 0.866. The Balaban J connectivity index is 1.91. The van der Waals surface area contributed by atoms with Gasteiger partial charge in [0.2, 0.25) is 0 Å². The summed E-state index contributed by atoms with van der Waals surface area (Å²) in [7, 11) is -0.389. The lowest BCUT2D eigenvalue weighted by molar-refractivity contribution is 0.344. The molecule has 0 aliphatic heterocycles. The monoisotopic (exact) mass is 184 g/mol. The molecule has 1 saturated carbocycles. The van der Waals surface area contributed by atoms with Crippen molar-refractivity contribution in [2.45, 2.75) is 29.8 Å². The summed E-state index contributed by atoms with van der Waals surface area (Å²) in [4.78, 5) is 0. The highest BCUT2D eigenvalue weighted by Crippen LogP contribution is 2.31. The molecule has 54 valence electrons. The zero-order valence-corrected chi connectivity index (χ0v) is 8.07. The summed E-state index contributed by atoms with van der Waals surface area (Å²) in [6.07, 6.45) is 4.05. The minimum absolute atomic E-state index is 0.389. The van der Waals surface area contributed by atoms with Gasteiger partial charge >= 0.3 is 0 Å². The van der Waals surface area contributed by atoms with Crippen LogP contribution in [0.25, 0.3) is 0 Å². The molecule has 1 nitrogen and oxygen atoms in total. The fraction of sp³-hybridized carbons (Fsp3) is 1.00. The molecule has 0 N–H and O–H groups in total. The Morgan fingerprint density at radius 3 is 2.44 bits per heavy atom. The van der Waals surface area contributed by atoms with Crippen LogP contribution in [0, 0.1) is 0 Å². The summed E-state index contributed by atoms with van der Waals surface area (Å²) < 4.78 is 5.12. The lowest BCUT2D eigenvalue weighted by atomic mass is 10.00. The first-order valence-electron chi connectivity index (χ1n) is 3.19. The highest BCUT2D eigenvalue weighted by Gasteiger charge is 2.18. The van der Waals surface area contributed by atoms with Gasteiger partial charge < -0.3 is 4.43 Å². The van der Waals surface area contributed by atoms with Crippen molar-refractivity contribution in [2.75, 3.05) is 0 Å². The summed E-state index contributed by atoms with van der Waals surface area (Å²) in [6.45, 7) is 0. The van der Waals surface area contributed by atoms with Gasteiger partial charge in [-0.05, 0) is 5.54 Å². The summed E-state index contributed by atoms with van der Waals surface area (Å²) in [6, 6.07) is 0. The van der Waals surface area contributed by atoms with Crippen molar-refractivity contribution < 1.29 is 4.43 Å². The van der Waals surface area contributed by atoms with Crippen LogP contribution in [0.5, 0.6) is 0 Å². The van der Waals surface area contributed by atoms with Crippen LogP contribution >= 0.6 is 23.2 Å². The molecule has 0 unspecified atom stereocenters. The first kappa shape index (κ1) is 7.86. The SMILES string of the molecule is ClC(Cl)O[SiH2]C1CCC1. The van der Waals surface area contributed by atoms with Gasteiger partial charge in [-0.15, -0.1) is 0 Å². The molecule has 0 aromatic carbocycles. The Morgan fingerprint density at radius 1 is 1.44 bits per heavy atom. The van der Waals surface area contributed by atoms with Crippen molar-refractivity contribution in [1.82, 2.24) is 0 Å². The van der Waals surface area contributed by atoms with E-state index in [9.17, 15) is 0 Å². The molecule has 4 heteroatoms. The van der Waals surface area contributed by atoms with Crippen molar-refractivity contribution in [3.8, 4) is 0 Å². The van der Waals surface area contributed by atoms with E-state index in [1.54, 1.807) is 0 Å². The van der Waals surface area contributed by atoms with E-state index in [-0.39, 0.29) is 9.76 Å². The van der Waals surface area contributed by atoms with Crippen molar-refractivity contribution in [1.29, 1.82) is 0 Å². The molecule has 9 heavy (non-hydrogen) atoms. The number of rotatable bonds is 3. The van der Waals surface area contributed by atoms with Crippen LogP contribution < -0.4 is 0 Å². The third-order valence-electron chi connectivity index (χ3n) is 1.68. The average Bonchev–Trinajstić information content (AvgIpc) is 1.60. The maximum Gasteiger partial charge on any atom is 0.197 e. The Bertz CT molecular complexity index is 85.0. The maximum atomic E-state index is 5.38. The van der Waals surface area contributed by atoms with Gasteiger partial charge in [0.15, 0.2) is 14.8 Å². The predicted octanol–water partition coefficient (Wildman–Crippen LogP) is 1.82. The number of halogens is 2. The van der Waals surface area contributed by atoms with E-state index < -0.39 is 5.02 Å². The fourth-order valence-corrected chi connectivity index (χ4v) is 2.63. The number of alkyl halides is 2. The van der Waals surface area contributed by atoms with Gasteiger partial charge in [-0.25, -0.2) is 0 Å². The van der Waals surface area contributed by atoms with Crippen LogP contribution in [0.2, 0.25) is 5.54 Å². The van der Waals surface area contributed by atoms with Crippen LogP contribution in [0.1, 0.15) is 19.3 Å². The standard InChI is InChI=1S/C5H10Cl2OSi/c6-5(7)8-9-4-2-1-3-4/h4-5H,1-3,9H2. The van der Waals surface area contributed by atoms with E-state index in [1.807, 2.05) is 0 Å². The van der Waals surface area contributed by atoms with Crippen LogP contribution in [-0.2, 0) is 4.43 Å². The topological polar surface area (TPSA) is 9.23 Å². The van der Waals surface area contributed by atoms with Gasteiger partial charge in [-0.1, -0.05) is 42.5 Å². The van der Waals surface area contributed by atoms with E-state index in [0.29, 0.717) is 0 Å². The molecular formula is C5H10Cl2OSi. The van der Waals surface area contributed by atoms with Gasteiger partial charge in [-0.2, -0.15) is 0 Å². The Kier molecular flexibility index (Phi) is 3.33. The molecule has 0 bridgehead atoms. The minimum Gasteiger partial charge on any atom is -0.397 e. The fourth-order valence-electron chi connectivity index (χ4n) is 0.868. The van der Waals surface area contributed by atoms with Gasteiger partial charge in [0.05, 0.1) is 0 Å². The number of hydrogen-bond donors (Lipinski definition) is 0. The molecule has 1 aliphatic rings.